The molecule has 3 aliphatic heterocycles. The summed E-state index contributed by atoms with van der Waals surface area (Å²) in [6.45, 7) is 5.21. The first-order valence-electron chi connectivity index (χ1n) is 11.4. The zero-order chi connectivity index (χ0) is 23.1. The van der Waals surface area contributed by atoms with Gasteiger partial charge in [-0.3, -0.25) is 9.59 Å². The summed E-state index contributed by atoms with van der Waals surface area (Å²) in [4.78, 5) is 28.0. The van der Waals surface area contributed by atoms with Crippen molar-refractivity contribution >= 4 is 16.8 Å². The molecule has 0 saturated carbocycles. The van der Waals surface area contributed by atoms with Crippen LogP contribution in [-0.2, 0) is 17.9 Å². The molecule has 0 aromatic heterocycles. The summed E-state index contributed by atoms with van der Waals surface area (Å²) in [5.74, 6) is -0.493. The number of carbonyl (C=O) groups excluding carboxylic acids is 1. The maximum Gasteiger partial charge on any atom is 0.278 e. The number of aryl methyl sites for hydroxylation is 1. The van der Waals surface area contributed by atoms with Gasteiger partial charge in [0.25, 0.3) is 5.56 Å². The van der Waals surface area contributed by atoms with Gasteiger partial charge in [0.15, 0.2) is 0 Å². The Morgan fingerprint density at radius 1 is 1.18 bits per heavy atom. The van der Waals surface area contributed by atoms with Crippen LogP contribution in [0, 0.1) is 12.7 Å². The number of nitrogens with zero attached hydrogens (tertiary/aromatic N) is 4. The largest absolute Gasteiger partial charge is 0.342 e. The number of amides is 1. The monoisotopic (exact) mass is 446 g/mol. The molecule has 0 aliphatic carbocycles. The van der Waals surface area contributed by atoms with Crippen LogP contribution in [-0.4, -0.2) is 37.7 Å². The highest BCUT2D eigenvalue weighted by Crippen LogP contribution is 2.29. The van der Waals surface area contributed by atoms with Crippen LogP contribution in [0.1, 0.15) is 37.3 Å². The Balaban J connectivity index is 1.59. The summed E-state index contributed by atoms with van der Waals surface area (Å²) < 4.78 is 17.4. The minimum Gasteiger partial charge on any atom is -0.342 e. The normalized spacial score (nSPS) is 16.6. The molecule has 2 aromatic carbocycles. The van der Waals surface area contributed by atoms with Gasteiger partial charge in [-0.25, -0.2) is 9.07 Å². The average molecular weight is 447 g/mol. The van der Waals surface area contributed by atoms with Crippen molar-refractivity contribution in [2.45, 2.75) is 52.2 Å². The van der Waals surface area contributed by atoms with Crippen LogP contribution in [0.2, 0.25) is 0 Å². The van der Waals surface area contributed by atoms with Crippen LogP contribution in [0.15, 0.2) is 53.5 Å². The van der Waals surface area contributed by atoms with Crippen molar-refractivity contribution in [3.05, 3.63) is 76.0 Å². The van der Waals surface area contributed by atoms with E-state index in [1.807, 2.05) is 41.5 Å². The van der Waals surface area contributed by atoms with E-state index in [2.05, 4.69) is 11.2 Å². The molecule has 1 unspecified atom stereocenters. The number of rotatable bonds is 4. The van der Waals surface area contributed by atoms with Gasteiger partial charge in [-0.15, -0.1) is 0 Å². The maximum absolute atomic E-state index is 14.2. The Kier molecular flexibility index (Phi) is 5.48. The van der Waals surface area contributed by atoms with E-state index < -0.39 is 5.82 Å². The van der Waals surface area contributed by atoms with E-state index in [4.69, 9.17) is 0 Å². The lowest BCUT2D eigenvalue weighted by Gasteiger charge is -2.33. The second-order valence-corrected chi connectivity index (χ2v) is 9.06. The number of hydrogen-bond acceptors (Lipinski definition) is 3. The van der Waals surface area contributed by atoms with E-state index in [0.717, 1.165) is 35.9 Å². The molecule has 1 saturated heterocycles. The van der Waals surface area contributed by atoms with E-state index in [1.54, 1.807) is 12.3 Å². The fourth-order valence-electron chi connectivity index (χ4n) is 4.88. The van der Waals surface area contributed by atoms with Crippen LogP contribution < -0.4 is 5.56 Å². The van der Waals surface area contributed by atoms with Gasteiger partial charge in [-0.1, -0.05) is 29.8 Å². The first kappa shape index (κ1) is 21.4. The Morgan fingerprint density at radius 2 is 2.03 bits per heavy atom. The lowest BCUT2D eigenvalue weighted by molar-refractivity contribution is -0.135. The fourth-order valence-corrected chi connectivity index (χ4v) is 4.88. The molecule has 3 aliphatic rings. The number of hydrogen-bond donors (Lipinski definition) is 0. The standard InChI is InChI=1S/C26H27FN4O2/c1-17-6-5-8-19(12-17)14-29-15-22-25(21-13-20(27)9-10-23(21)29)28-31(26(22)33)16-24(32)30-11-4-3-7-18(30)2/h5-6,8-10,12-13,15,18H,3-4,7,11,14,16H2,1-2H3. The molecule has 0 radical (unpaired) electrons. The minimum atomic E-state index is -0.391. The van der Waals surface area contributed by atoms with Crippen molar-refractivity contribution in [1.82, 2.24) is 19.2 Å². The van der Waals surface area contributed by atoms with Gasteiger partial charge in [-0.2, -0.15) is 5.10 Å². The summed E-state index contributed by atoms with van der Waals surface area (Å²) in [5, 5.41) is 5.04. The lowest BCUT2D eigenvalue weighted by atomic mass is 10.0. The third-order valence-corrected chi connectivity index (χ3v) is 6.59. The van der Waals surface area contributed by atoms with E-state index in [0.29, 0.717) is 29.7 Å². The van der Waals surface area contributed by atoms with Crippen LogP contribution in [0.4, 0.5) is 4.39 Å². The molecular formula is C26H27FN4O2. The number of aromatic nitrogens is 3. The highest BCUT2D eigenvalue weighted by Gasteiger charge is 2.26. The summed E-state index contributed by atoms with van der Waals surface area (Å²) in [6.07, 6.45) is 4.84. The van der Waals surface area contributed by atoms with E-state index in [-0.39, 0.29) is 24.1 Å². The third kappa shape index (κ3) is 4.03. The van der Waals surface area contributed by atoms with Gasteiger partial charge < -0.3 is 9.47 Å². The molecule has 7 heteroatoms. The summed E-state index contributed by atoms with van der Waals surface area (Å²) in [5.41, 5.74) is 3.50. The van der Waals surface area contributed by atoms with Crippen molar-refractivity contribution in [3.8, 4) is 11.3 Å². The van der Waals surface area contributed by atoms with Crippen LogP contribution in [0.5, 0.6) is 0 Å². The second kappa shape index (κ2) is 8.46. The molecule has 6 nitrogen and oxygen atoms in total. The molecule has 170 valence electrons. The minimum absolute atomic E-state index is 0.102. The van der Waals surface area contributed by atoms with Gasteiger partial charge in [0.1, 0.15) is 18.1 Å². The molecule has 3 heterocycles. The SMILES string of the molecule is Cc1cccc(Cn2cc3c(=O)n(CC(=O)N4CCCCC4C)nc-3c3cc(F)ccc32)c1. The topological polar surface area (TPSA) is 60.1 Å². The Bertz CT molecular complexity index is 1370. The van der Waals surface area contributed by atoms with Gasteiger partial charge in [0.2, 0.25) is 5.91 Å². The van der Waals surface area contributed by atoms with E-state index in [9.17, 15) is 14.0 Å². The first-order chi connectivity index (χ1) is 15.9. The number of pyridine rings is 1. The number of fused-ring (bicyclic) bond motifs is 3. The van der Waals surface area contributed by atoms with Crippen LogP contribution in [0.25, 0.3) is 22.2 Å². The molecule has 0 N–H and O–H groups in total. The zero-order valence-electron chi connectivity index (χ0n) is 18.9. The molecular weight excluding hydrogens is 419 g/mol. The number of likely N-dealkylation sites (tertiary alicyclic amines) is 1. The molecule has 0 bridgehead atoms. The van der Waals surface area contributed by atoms with Gasteiger partial charge >= 0.3 is 0 Å². The highest BCUT2D eigenvalue weighted by molar-refractivity contribution is 5.94. The van der Waals surface area contributed by atoms with Gasteiger partial charge in [0, 0.05) is 30.7 Å². The highest BCUT2D eigenvalue weighted by atomic mass is 19.1. The van der Waals surface area contributed by atoms with Crippen molar-refractivity contribution in [3.63, 3.8) is 0 Å². The summed E-state index contributed by atoms with van der Waals surface area (Å²) in [7, 11) is 0. The quantitative estimate of drug-likeness (QED) is 0.472. The molecule has 1 fully saturated rings. The van der Waals surface area contributed by atoms with Gasteiger partial charge in [-0.05, 0) is 56.9 Å². The molecule has 2 aromatic rings. The Hall–Kier alpha value is -3.48. The summed E-state index contributed by atoms with van der Waals surface area (Å²) >= 11 is 0. The average Bonchev–Trinajstić information content (AvgIpc) is 3.09. The summed E-state index contributed by atoms with van der Waals surface area (Å²) in [6, 6.07) is 12.8. The zero-order valence-corrected chi connectivity index (χ0v) is 18.9. The maximum atomic E-state index is 14.2. The van der Waals surface area contributed by atoms with Crippen molar-refractivity contribution in [2.24, 2.45) is 0 Å². The van der Waals surface area contributed by atoms with Crippen LogP contribution in [0.3, 0.4) is 0 Å². The van der Waals surface area contributed by atoms with Crippen LogP contribution >= 0.6 is 0 Å². The van der Waals surface area contributed by atoms with E-state index >= 15 is 0 Å². The fraction of sp³-hybridized carbons (Fsp3) is 0.346. The third-order valence-electron chi connectivity index (χ3n) is 6.59. The van der Waals surface area contributed by atoms with Crippen molar-refractivity contribution in [1.29, 1.82) is 0 Å². The second-order valence-electron chi connectivity index (χ2n) is 9.06. The van der Waals surface area contributed by atoms with E-state index in [1.165, 1.54) is 16.8 Å². The number of carbonyl (C=O) groups is 1. The smallest absolute Gasteiger partial charge is 0.278 e. The number of piperidine rings is 1. The molecule has 0 spiro atoms. The predicted molar refractivity (Wildman–Crippen MR) is 126 cm³/mol. The first-order valence-corrected chi connectivity index (χ1v) is 11.4. The predicted octanol–water partition coefficient (Wildman–Crippen LogP) is 4.20. The molecule has 33 heavy (non-hydrogen) atoms. The Morgan fingerprint density at radius 3 is 2.82 bits per heavy atom. The lowest BCUT2D eigenvalue weighted by Crippen LogP contribution is -2.44. The van der Waals surface area contributed by atoms with Gasteiger partial charge in [0.05, 0.1) is 11.1 Å². The van der Waals surface area contributed by atoms with Crippen molar-refractivity contribution < 1.29 is 9.18 Å². The number of halogens is 1. The molecule has 1 amide bonds. The number of benzene rings is 2. The molecule has 1 atom stereocenters. The molecule has 5 rings (SSSR count). The Labute approximate surface area is 191 Å². The van der Waals surface area contributed by atoms with Crippen molar-refractivity contribution in [2.75, 3.05) is 6.54 Å².